The van der Waals surface area contributed by atoms with Gasteiger partial charge in [-0.1, -0.05) is 46.3 Å². The third kappa shape index (κ3) is 2.47. The highest BCUT2D eigenvalue weighted by molar-refractivity contribution is 9.10. The normalized spacial score (nSPS) is 11.3. The van der Waals surface area contributed by atoms with Crippen molar-refractivity contribution in [2.45, 2.75) is 13.8 Å². The van der Waals surface area contributed by atoms with E-state index in [4.69, 9.17) is 0 Å². The van der Waals surface area contributed by atoms with Crippen LogP contribution in [0.3, 0.4) is 0 Å². The highest BCUT2D eigenvalue weighted by atomic mass is 79.9. The fourth-order valence-corrected chi connectivity index (χ4v) is 3.87. The van der Waals surface area contributed by atoms with Crippen LogP contribution in [-0.2, 0) is 0 Å². The zero-order valence-corrected chi connectivity index (χ0v) is 15.6. The van der Waals surface area contributed by atoms with Crippen LogP contribution in [0.25, 0.3) is 32.7 Å². The molecular formula is C22H17BrO2. The molecule has 0 amide bonds. The third-order valence-electron chi connectivity index (χ3n) is 4.73. The summed E-state index contributed by atoms with van der Waals surface area (Å²) in [5.41, 5.74) is 2.94. The van der Waals surface area contributed by atoms with Gasteiger partial charge in [0, 0.05) is 15.6 Å². The number of rotatable bonds is 1. The fourth-order valence-electron chi connectivity index (χ4n) is 3.49. The van der Waals surface area contributed by atoms with Crippen LogP contribution in [0.5, 0.6) is 11.5 Å². The van der Waals surface area contributed by atoms with Crippen molar-refractivity contribution in [3.05, 3.63) is 70.2 Å². The first-order chi connectivity index (χ1) is 12.0. The summed E-state index contributed by atoms with van der Waals surface area (Å²) < 4.78 is 0.981. The molecule has 0 aliphatic heterocycles. The highest BCUT2D eigenvalue weighted by Gasteiger charge is 2.19. The molecule has 3 heteroatoms. The van der Waals surface area contributed by atoms with Gasteiger partial charge in [0.05, 0.1) is 0 Å². The maximum Gasteiger partial charge on any atom is 0.127 e. The Balaban J connectivity index is 2.25. The molecule has 0 spiro atoms. The molecule has 0 radical (unpaired) electrons. The number of aryl methyl sites for hydroxylation is 2. The van der Waals surface area contributed by atoms with Gasteiger partial charge in [-0.3, -0.25) is 0 Å². The van der Waals surface area contributed by atoms with Crippen molar-refractivity contribution in [1.29, 1.82) is 0 Å². The number of benzene rings is 4. The van der Waals surface area contributed by atoms with Crippen LogP contribution in [0.2, 0.25) is 0 Å². The van der Waals surface area contributed by atoms with Crippen LogP contribution in [0.4, 0.5) is 0 Å². The van der Waals surface area contributed by atoms with Crippen LogP contribution in [0, 0.1) is 13.8 Å². The molecule has 0 aromatic heterocycles. The third-order valence-corrected chi connectivity index (χ3v) is 5.22. The largest absolute Gasteiger partial charge is 0.507 e. The summed E-state index contributed by atoms with van der Waals surface area (Å²) in [6, 6.07) is 17.8. The standard InChI is InChI=1S/C22H17BrO2/c1-12-9-14-5-3-4-6-17(14)19(21(12)24)20-18-8-7-16(23)11-15(18)10-13(2)22(20)25/h3-11,24-25H,1-2H3. The van der Waals surface area contributed by atoms with Crippen molar-refractivity contribution in [3.8, 4) is 22.6 Å². The average Bonchev–Trinajstić information content (AvgIpc) is 2.58. The van der Waals surface area contributed by atoms with Gasteiger partial charge >= 0.3 is 0 Å². The second kappa shape index (κ2) is 5.78. The highest BCUT2D eigenvalue weighted by Crippen LogP contribution is 2.47. The van der Waals surface area contributed by atoms with E-state index in [0.29, 0.717) is 11.1 Å². The summed E-state index contributed by atoms with van der Waals surface area (Å²) in [5.74, 6) is 0.421. The molecule has 0 saturated carbocycles. The molecule has 0 bridgehead atoms. The van der Waals surface area contributed by atoms with E-state index in [-0.39, 0.29) is 11.5 Å². The summed E-state index contributed by atoms with van der Waals surface area (Å²) >= 11 is 3.51. The lowest BCUT2D eigenvalue weighted by Gasteiger charge is -2.17. The van der Waals surface area contributed by atoms with Crippen LogP contribution in [-0.4, -0.2) is 10.2 Å². The van der Waals surface area contributed by atoms with Crippen molar-refractivity contribution in [1.82, 2.24) is 0 Å². The van der Waals surface area contributed by atoms with Gasteiger partial charge in [0.15, 0.2) is 0 Å². The SMILES string of the molecule is Cc1cc2ccccc2c(-c2c(O)c(C)cc3cc(Br)ccc23)c1O. The monoisotopic (exact) mass is 392 g/mol. The van der Waals surface area contributed by atoms with E-state index in [2.05, 4.69) is 15.9 Å². The molecule has 0 aliphatic rings. The van der Waals surface area contributed by atoms with Crippen molar-refractivity contribution in [2.75, 3.05) is 0 Å². The summed E-state index contributed by atoms with van der Waals surface area (Å²) in [6.45, 7) is 3.77. The summed E-state index contributed by atoms with van der Waals surface area (Å²) in [5, 5.41) is 25.6. The molecule has 4 aromatic rings. The van der Waals surface area contributed by atoms with Crippen molar-refractivity contribution in [3.63, 3.8) is 0 Å². The lowest BCUT2D eigenvalue weighted by molar-refractivity contribution is 0.466. The van der Waals surface area contributed by atoms with Crippen molar-refractivity contribution >= 4 is 37.5 Å². The Morgan fingerprint density at radius 2 is 1.24 bits per heavy atom. The van der Waals surface area contributed by atoms with Crippen LogP contribution in [0.15, 0.2) is 59.1 Å². The van der Waals surface area contributed by atoms with Gasteiger partial charge in [0.1, 0.15) is 11.5 Å². The van der Waals surface area contributed by atoms with E-state index in [1.54, 1.807) is 0 Å². The number of phenolic OH excluding ortho intramolecular Hbond substituents is 2. The van der Waals surface area contributed by atoms with Crippen LogP contribution < -0.4 is 0 Å². The predicted molar refractivity (Wildman–Crippen MR) is 107 cm³/mol. The number of aromatic hydroxyl groups is 2. The molecule has 0 unspecified atom stereocenters. The lowest BCUT2D eigenvalue weighted by atomic mass is 9.89. The molecule has 0 aliphatic carbocycles. The Labute approximate surface area is 154 Å². The summed E-state index contributed by atoms with van der Waals surface area (Å²) in [6.07, 6.45) is 0. The number of hydrogen-bond acceptors (Lipinski definition) is 2. The zero-order chi connectivity index (χ0) is 17.7. The zero-order valence-electron chi connectivity index (χ0n) is 14.0. The van der Waals surface area contributed by atoms with Crippen LogP contribution >= 0.6 is 15.9 Å². The Bertz CT molecular complexity index is 1150. The van der Waals surface area contributed by atoms with Crippen molar-refractivity contribution in [2.24, 2.45) is 0 Å². The molecule has 2 N–H and O–H groups in total. The summed E-state index contributed by atoms with van der Waals surface area (Å²) in [4.78, 5) is 0. The van der Waals surface area contributed by atoms with Gasteiger partial charge in [0.2, 0.25) is 0 Å². The molecule has 4 rings (SSSR count). The fraction of sp³-hybridized carbons (Fsp3) is 0.0909. The Hall–Kier alpha value is -2.52. The van der Waals surface area contributed by atoms with Gasteiger partial charge in [0.25, 0.3) is 0 Å². The molecule has 0 atom stereocenters. The first kappa shape index (κ1) is 16.0. The molecule has 25 heavy (non-hydrogen) atoms. The van der Waals surface area contributed by atoms with Gasteiger partial charge < -0.3 is 10.2 Å². The van der Waals surface area contributed by atoms with E-state index in [1.165, 1.54) is 0 Å². The minimum atomic E-state index is 0.209. The minimum absolute atomic E-state index is 0.209. The quantitative estimate of drug-likeness (QED) is 0.390. The summed E-state index contributed by atoms with van der Waals surface area (Å²) in [7, 11) is 0. The van der Waals surface area contributed by atoms with Gasteiger partial charge in [-0.2, -0.15) is 0 Å². The Kier molecular flexibility index (Phi) is 3.69. The van der Waals surface area contributed by atoms with Gasteiger partial charge in [-0.25, -0.2) is 0 Å². The van der Waals surface area contributed by atoms with Gasteiger partial charge in [-0.05, 0) is 70.8 Å². The van der Waals surface area contributed by atoms with E-state index >= 15 is 0 Å². The number of hydrogen-bond donors (Lipinski definition) is 2. The lowest BCUT2D eigenvalue weighted by Crippen LogP contribution is -1.91. The molecule has 0 fully saturated rings. The molecular weight excluding hydrogens is 376 g/mol. The van der Waals surface area contributed by atoms with E-state index < -0.39 is 0 Å². The van der Waals surface area contributed by atoms with Gasteiger partial charge in [-0.15, -0.1) is 0 Å². The first-order valence-electron chi connectivity index (χ1n) is 8.11. The number of phenols is 2. The maximum atomic E-state index is 10.9. The van der Waals surface area contributed by atoms with E-state index in [0.717, 1.165) is 37.1 Å². The minimum Gasteiger partial charge on any atom is -0.507 e. The van der Waals surface area contributed by atoms with E-state index in [9.17, 15) is 10.2 Å². The molecule has 4 aromatic carbocycles. The first-order valence-corrected chi connectivity index (χ1v) is 8.90. The number of fused-ring (bicyclic) bond motifs is 2. The van der Waals surface area contributed by atoms with Crippen molar-refractivity contribution < 1.29 is 10.2 Å². The smallest absolute Gasteiger partial charge is 0.127 e. The van der Waals surface area contributed by atoms with E-state index in [1.807, 2.05) is 68.4 Å². The number of halogens is 1. The molecule has 2 nitrogen and oxygen atoms in total. The Morgan fingerprint density at radius 3 is 1.92 bits per heavy atom. The molecule has 0 saturated heterocycles. The second-order valence-electron chi connectivity index (χ2n) is 6.42. The molecule has 124 valence electrons. The molecule has 0 heterocycles. The average molecular weight is 393 g/mol. The Morgan fingerprint density at radius 1 is 0.680 bits per heavy atom. The topological polar surface area (TPSA) is 40.5 Å². The van der Waals surface area contributed by atoms with Crippen LogP contribution in [0.1, 0.15) is 11.1 Å². The predicted octanol–water partition coefficient (Wildman–Crippen LogP) is 6.45. The maximum absolute atomic E-state index is 10.9. The second-order valence-corrected chi connectivity index (χ2v) is 7.34.